The van der Waals surface area contributed by atoms with Crippen LogP contribution in [0.4, 0.5) is 18.9 Å². The number of carbonyl (C=O) groups is 1. The van der Waals surface area contributed by atoms with Crippen LogP contribution in [0.15, 0.2) is 54.9 Å². The Labute approximate surface area is 205 Å². The average molecular weight is 502 g/mol. The molecular formula is C25H23ClF3N5O. The number of anilines is 1. The number of halogens is 4. The van der Waals surface area contributed by atoms with Gasteiger partial charge in [-0.2, -0.15) is 18.3 Å². The van der Waals surface area contributed by atoms with Crippen molar-refractivity contribution in [3.8, 4) is 22.5 Å². The number of carbonyl (C=O) groups excluding carboxylic acids is 1. The van der Waals surface area contributed by atoms with Crippen LogP contribution in [0.25, 0.3) is 28.2 Å². The lowest BCUT2D eigenvalue weighted by Crippen LogP contribution is -2.30. The summed E-state index contributed by atoms with van der Waals surface area (Å²) in [5.74, 6) is -0.142. The van der Waals surface area contributed by atoms with Gasteiger partial charge in [0.1, 0.15) is 0 Å². The molecule has 1 N–H and O–H groups in total. The molecule has 0 spiro atoms. The highest BCUT2D eigenvalue weighted by molar-refractivity contribution is 6.33. The quantitative estimate of drug-likeness (QED) is 0.312. The van der Waals surface area contributed by atoms with Gasteiger partial charge >= 0.3 is 6.18 Å². The van der Waals surface area contributed by atoms with Gasteiger partial charge in [0.05, 0.1) is 28.3 Å². The minimum atomic E-state index is -4.61. The first-order valence-corrected chi connectivity index (χ1v) is 11.4. The number of amides is 1. The number of nitrogens with one attached hydrogen (secondary N) is 1. The molecule has 0 saturated carbocycles. The van der Waals surface area contributed by atoms with Crippen LogP contribution in [0.3, 0.4) is 0 Å². The molecule has 6 nitrogen and oxygen atoms in total. The van der Waals surface area contributed by atoms with Crippen LogP contribution in [0.5, 0.6) is 0 Å². The normalized spacial score (nSPS) is 12.2. The first-order valence-electron chi connectivity index (χ1n) is 11.0. The summed E-state index contributed by atoms with van der Waals surface area (Å²) in [6.45, 7) is 5.77. The average Bonchev–Trinajstić information content (AvgIpc) is 3.23. The summed E-state index contributed by atoms with van der Waals surface area (Å²) in [6, 6.07) is 11.0. The Balaban J connectivity index is 1.69. The number of imidazole rings is 1. The van der Waals surface area contributed by atoms with Gasteiger partial charge in [0, 0.05) is 22.7 Å². The van der Waals surface area contributed by atoms with Crippen molar-refractivity contribution in [1.29, 1.82) is 0 Å². The smallest absolute Gasteiger partial charge is 0.324 e. The van der Waals surface area contributed by atoms with Crippen molar-refractivity contribution in [2.45, 2.75) is 39.8 Å². The summed E-state index contributed by atoms with van der Waals surface area (Å²) in [5.41, 5.74) is 0.530. The number of nitrogens with zero attached hydrogens (tertiary/aromatic N) is 4. The van der Waals surface area contributed by atoms with Gasteiger partial charge < -0.3 is 5.32 Å². The molecule has 4 rings (SSSR count). The molecule has 10 heteroatoms. The van der Waals surface area contributed by atoms with Crippen molar-refractivity contribution in [2.24, 2.45) is 5.41 Å². The maximum absolute atomic E-state index is 13.4. The number of benzene rings is 1. The van der Waals surface area contributed by atoms with Crippen LogP contribution >= 0.6 is 11.6 Å². The van der Waals surface area contributed by atoms with Crippen LogP contribution in [-0.4, -0.2) is 25.5 Å². The third kappa shape index (κ3) is 5.14. The lowest BCUT2D eigenvalue weighted by molar-refractivity contribution is -0.140. The second-order valence-electron chi connectivity index (χ2n) is 8.83. The fourth-order valence-electron chi connectivity index (χ4n) is 3.81. The minimum absolute atomic E-state index is 0.115. The van der Waals surface area contributed by atoms with Gasteiger partial charge in [-0.15, -0.1) is 0 Å². The van der Waals surface area contributed by atoms with E-state index in [9.17, 15) is 18.0 Å². The third-order valence-corrected chi connectivity index (χ3v) is 6.00. The van der Waals surface area contributed by atoms with Gasteiger partial charge in [0.2, 0.25) is 5.91 Å². The second-order valence-corrected chi connectivity index (χ2v) is 9.23. The lowest BCUT2D eigenvalue weighted by Gasteiger charge is -2.23. The Bertz CT molecular complexity index is 1400. The zero-order chi connectivity index (χ0) is 25.4. The van der Waals surface area contributed by atoms with E-state index in [0.29, 0.717) is 27.6 Å². The van der Waals surface area contributed by atoms with Crippen LogP contribution in [-0.2, 0) is 11.0 Å². The van der Waals surface area contributed by atoms with Gasteiger partial charge in [-0.1, -0.05) is 44.9 Å². The molecule has 3 heterocycles. The van der Waals surface area contributed by atoms with Crippen molar-refractivity contribution in [1.82, 2.24) is 19.6 Å². The molecule has 0 saturated heterocycles. The van der Waals surface area contributed by atoms with Crippen LogP contribution in [0.2, 0.25) is 5.02 Å². The van der Waals surface area contributed by atoms with E-state index in [-0.39, 0.29) is 17.2 Å². The molecule has 0 atom stereocenters. The topological polar surface area (TPSA) is 72.2 Å². The largest absolute Gasteiger partial charge is 0.434 e. The van der Waals surface area contributed by atoms with E-state index >= 15 is 0 Å². The molecule has 3 aromatic heterocycles. The fraction of sp³-hybridized carbons (Fsp3) is 0.280. The van der Waals surface area contributed by atoms with Crippen molar-refractivity contribution in [3.05, 3.63) is 65.6 Å². The number of pyridine rings is 1. The van der Waals surface area contributed by atoms with E-state index in [1.807, 2.05) is 20.8 Å². The fourth-order valence-corrected chi connectivity index (χ4v) is 3.98. The SMILES string of the molecule is CCCC(C)(C)C(=O)Nc1cc(-c2cn3nc(-c4cccnc4C(F)(F)F)ccc3n2)ccc1Cl. The molecule has 1 amide bonds. The maximum atomic E-state index is 13.4. The van der Waals surface area contributed by atoms with Crippen molar-refractivity contribution >= 4 is 28.8 Å². The Morgan fingerprint density at radius 2 is 1.89 bits per heavy atom. The summed E-state index contributed by atoms with van der Waals surface area (Å²) in [4.78, 5) is 20.8. The molecule has 0 radical (unpaired) electrons. The molecule has 0 aliphatic heterocycles. The summed E-state index contributed by atoms with van der Waals surface area (Å²) < 4.78 is 41.6. The first-order chi connectivity index (χ1) is 16.5. The van der Waals surface area contributed by atoms with Gasteiger partial charge in [-0.25, -0.2) is 9.50 Å². The Morgan fingerprint density at radius 3 is 2.60 bits per heavy atom. The Kier molecular flexibility index (Phi) is 6.55. The highest BCUT2D eigenvalue weighted by atomic mass is 35.5. The van der Waals surface area contributed by atoms with Crippen LogP contribution in [0, 0.1) is 5.41 Å². The van der Waals surface area contributed by atoms with Crippen molar-refractivity contribution in [3.63, 3.8) is 0 Å². The number of hydrogen-bond donors (Lipinski definition) is 1. The molecule has 0 unspecified atom stereocenters. The van der Waals surface area contributed by atoms with E-state index in [1.165, 1.54) is 22.7 Å². The number of fused-ring (bicyclic) bond motifs is 1. The monoisotopic (exact) mass is 501 g/mol. The predicted octanol–water partition coefficient (Wildman–Crippen LogP) is 6.90. The predicted molar refractivity (Wildman–Crippen MR) is 129 cm³/mol. The molecule has 182 valence electrons. The molecule has 4 aromatic rings. The second kappa shape index (κ2) is 9.30. The molecule has 0 aliphatic carbocycles. The van der Waals surface area contributed by atoms with Gasteiger partial charge in [0.25, 0.3) is 0 Å². The van der Waals surface area contributed by atoms with E-state index in [1.54, 1.807) is 30.5 Å². The van der Waals surface area contributed by atoms with E-state index in [4.69, 9.17) is 11.6 Å². The van der Waals surface area contributed by atoms with E-state index in [2.05, 4.69) is 20.4 Å². The molecule has 0 bridgehead atoms. The summed E-state index contributed by atoms with van der Waals surface area (Å²) in [7, 11) is 0. The molecule has 0 aliphatic rings. The van der Waals surface area contributed by atoms with Gasteiger partial charge in [0.15, 0.2) is 11.3 Å². The minimum Gasteiger partial charge on any atom is -0.324 e. The van der Waals surface area contributed by atoms with Crippen molar-refractivity contribution < 1.29 is 18.0 Å². The number of hydrogen-bond acceptors (Lipinski definition) is 4. The number of rotatable bonds is 6. The highest BCUT2D eigenvalue weighted by Gasteiger charge is 2.36. The van der Waals surface area contributed by atoms with Crippen LogP contribution < -0.4 is 5.32 Å². The zero-order valence-electron chi connectivity index (χ0n) is 19.3. The Morgan fingerprint density at radius 1 is 1.11 bits per heavy atom. The van der Waals surface area contributed by atoms with Crippen LogP contribution in [0.1, 0.15) is 39.3 Å². The highest BCUT2D eigenvalue weighted by Crippen LogP contribution is 2.35. The third-order valence-electron chi connectivity index (χ3n) is 5.67. The zero-order valence-corrected chi connectivity index (χ0v) is 20.1. The Hall–Kier alpha value is -3.46. The maximum Gasteiger partial charge on any atom is 0.434 e. The number of aromatic nitrogens is 4. The van der Waals surface area contributed by atoms with Crippen molar-refractivity contribution in [2.75, 3.05) is 5.32 Å². The first kappa shape index (κ1) is 24.7. The standard InChI is InChI=1S/C25H23ClF3N5O/c1-4-11-24(2,3)23(35)32-19-13-15(7-8-17(19)26)20-14-34-21(31-20)10-9-18(33-34)16-6-5-12-30-22(16)25(27,28)29/h5-10,12-14H,4,11H2,1-3H3,(H,32,35). The molecule has 35 heavy (non-hydrogen) atoms. The summed E-state index contributed by atoms with van der Waals surface area (Å²) in [6.07, 6.45) is -0.306. The lowest BCUT2D eigenvalue weighted by atomic mass is 9.87. The van der Waals surface area contributed by atoms with E-state index in [0.717, 1.165) is 19.0 Å². The summed E-state index contributed by atoms with van der Waals surface area (Å²) in [5, 5.41) is 7.60. The summed E-state index contributed by atoms with van der Waals surface area (Å²) >= 11 is 6.32. The van der Waals surface area contributed by atoms with Gasteiger partial charge in [-0.3, -0.25) is 9.78 Å². The van der Waals surface area contributed by atoms with Gasteiger partial charge in [-0.05, 0) is 42.8 Å². The molecular weight excluding hydrogens is 479 g/mol. The molecule has 0 fully saturated rings. The molecule has 1 aromatic carbocycles. The van der Waals surface area contributed by atoms with E-state index < -0.39 is 17.3 Å². The number of alkyl halides is 3.